The van der Waals surface area contributed by atoms with Crippen molar-refractivity contribution in [3.63, 3.8) is 0 Å². The van der Waals surface area contributed by atoms with E-state index in [-0.39, 0.29) is 12.2 Å². The number of pyridine rings is 1. The lowest BCUT2D eigenvalue weighted by Gasteiger charge is -2.11. The molecule has 0 saturated carbocycles. The van der Waals surface area contributed by atoms with Crippen LogP contribution in [-0.2, 0) is 9.53 Å². The Morgan fingerprint density at radius 3 is 2.88 bits per heavy atom. The lowest BCUT2D eigenvalue weighted by Crippen LogP contribution is -2.38. The molecule has 92 valence electrons. The number of nitrogens with one attached hydrogen (secondary N) is 1. The number of carboxylic acid groups (broad SMARTS) is 1. The molecule has 1 atom stereocenters. The van der Waals surface area contributed by atoms with Gasteiger partial charge in [-0.05, 0) is 28.1 Å². The van der Waals surface area contributed by atoms with E-state index in [0.29, 0.717) is 4.47 Å². The van der Waals surface area contributed by atoms with Gasteiger partial charge in [0.05, 0.1) is 6.54 Å². The van der Waals surface area contributed by atoms with E-state index in [9.17, 15) is 9.59 Å². The van der Waals surface area contributed by atoms with Crippen LogP contribution in [0.5, 0.6) is 0 Å². The third-order valence-electron chi connectivity index (χ3n) is 1.98. The fourth-order valence-corrected chi connectivity index (χ4v) is 1.53. The number of carboxylic acids is 1. The highest BCUT2D eigenvalue weighted by Gasteiger charge is 2.18. The number of ether oxygens (including phenoxy) is 1. The van der Waals surface area contributed by atoms with Crippen LogP contribution in [0.3, 0.4) is 0 Å². The van der Waals surface area contributed by atoms with Crippen molar-refractivity contribution in [3.8, 4) is 0 Å². The summed E-state index contributed by atoms with van der Waals surface area (Å²) in [6, 6.07) is 3.35. The lowest BCUT2D eigenvalue weighted by molar-refractivity contribution is -0.148. The molecular weight excluding hydrogens is 292 g/mol. The van der Waals surface area contributed by atoms with Crippen LogP contribution in [0.15, 0.2) is 22.8 Å². The minimum absolute atomic E-state index is 0.117. The van der Waals surface area contributed by atoms with Gasteiger partial charge in [0.1, 0.15) is 5.69 Å². The second-order valence-electron chi connectivity index (χ2n) is 3.11. The molecule has 0 spiro atoms. The first-order valence-electron chi connectivity index (χ1n) is 4.70. The van der Waals surface area contributed by atoms with Crippen LogP contribution in [0, 0.1) is 0 Å². The quantitative estimate of drug-likeness (QED) is 0.835. The van der Waals surface area contributed by atoms with E-state index in [1.165, 1.54) is 13.3 Å². The van der Waals surface area contributed by atoms with Crippen molar-refractivity contribution in [1.82, 2.24) is 10.3 Å². The molecule has 7 heteroatoms. The van der Waals surface area contributed by atoms with Gasteiger partial charge in [0.25, 0.3) is 5.91 Å². The third-order valence-corrected chi connectivity index (χ3v) is 2.62. The van der Waals surface area contributed by atoms with Crippen molar-refractivity contribution in [1.29, 1.82) is 0 Å². The summed E-state index contributed by atoms with van der Waals surface area (Å²) in [6.45, 7) is -0.117. The average Bonchev–Trinajstić information content (AvgIpc) is 2.29. The van der Waals surface area contributed by atoms with Crippen molar-refractivity contribution in [3.05, 3.63) is 28.5 Å². The fraction of sp³-hybridized carbons (Fsp3) is 0.300. The van der Waals surface area contributed by atoms with E-state index in [1.54, 1.807) is 12.1 Å². The van der Waals surface area contributed by atoms with Crippen molar-refractivity contribution in [2.45, 2.75) is 6.10 Å². The standard InChI is InChI=1S/C10H11BrN2O4/c1-17-7(10(15)16)5-13-9(14)8-6(11)3-2-4-12-8/h2-4,7H,5H2,1H3,(H,13,14)(H,15,16). The molecule has 1 unspecified atom stereocenters. The van der Waals surface area contributed by atoms with Gasteiger partial charge in [0, 0.05) is 17.8 Å². The van der Waals surface area contributed by atoms with E-state index in [1.807, 2.05) is 0 Å². The molecule has 0 aliphatic rings. The Labute approximate surface area is 106 Å². The summed E-state index contributed by atoms with van der Waals surface area (Å²) >= 11 is 3.18. The first kappa shape index (κ1) is 13.6. The number of halogens is 1. The van der Waals surface area contributed by atoms with E-state index < -0.39 is 18.0 Å². The zero-order valence-corrected chi connectivity index (χ0v) is 10.6. The van der Waals surface area contributed by atoms with Gasteiger partial charge in [0.15, 0.2) is 6.10 Å². The van der Waals surface area contributed by atoms with Crippen LogP contribution in [0.1, 0.15) is 10.5 Å². The van der Waals surface area contributed by atoms with Crippen LogP contribution in [-0.4, -0.2) is 41.7 Å². The van der Waals surface area contributed by atoms with Crippen molar-refractivity contribution >= 4 is 27.8 Å². The van der Waals surface area contributed by atoms with Crippen LogP contribution < -0.4 is 5.32 Å². The molecule has 0 aliphatic carbocycles. The Bertz CT molecular complexity index is 425. The molecule has 1 rings (SSSR count). The highest BCUT2D eigenvalue weighted by atomic mass is 79.9. The van der Waals surface area contributed by atoms with Gasteiger partial charge < -0.3 is 15.2 Å². The summed E-state index contributed by atoms with van der Waals surface area (Å²) in [5.41, 5.74) is 0.202. The molecule has 0 saturated heterocycles. The molecule has 17 heavy (non-hydrogen) atoms. The molecule has 0 fully saturated rings. The zero-order chi connectivity index (χ0) is 12.8. The van der Waals surface area contributed by atoms with Crippen LogP contribution in [0.4, 0.5) is 0 Å². The molecule has 1 aromatic rings. The number of methoxy groups -OCH3 is 1. The molecule has 1 heterocycles. The van der Waals surface area contributed by atoms with Gasteiger partial charge in [-0.15, -0.1) is 0 Å². The summed E-state index contributed by atoms with van der Waals surface area (Å²) in [5.74, 6) is -1.59. The molecule has 0 aromatic carbocycles. The first-order chi connectivity index (χ1) is 8.06. The predicted octanol–water partition coefficient (Wildman–Crippen LogP) is 0.673. The number of hydrogen-bond donors (Lipinski definition) is 2. The summed E-state index contributed by atoms with van der Waals surface area (Å²) < 4.78 is 5.23. The largest absolute Gasteiger partial charge is 0.479 e. The third kappa shape index (κ3) is 3.79. The highest BCUT2D eigenvalue weighted by molar-refractivity contribution is 9.10. The molecule has 0 radical (unpaired) electrons. The van der Waals surface area contributed by atoms with Gasteiger partial charge in [-0.25, -0.2) is 9.78 Å². The topological polar surface area (TPSA) is 88.5 Å². The Kier molecular flexibility index (Phi) is 5.05. The number of rotatable bonds is 5. The van der Waals surface area contributed by atoms with Crippen LogP contribution >= 0.6 is 15.9 Å². The molecular formula is C10H11BrN2O4. The monoisotopic (exact) mass is 302 g/mol. The molecule has 1 amide bonds. The van der Waals surface area contributed by atoms with Crippen molar-refractivity contribution < 1.29 is 19.4 Å². The van der Waals surface area contributed by atoms with Gasteiger partial charge in [0.2, 0.25) is 0 Å². The van der Waals surface area contributed by atoms with E-state index >= 15 is 0 Å². The number of nitrogens with zero attached hydrogens (tertiary/aromatic N) is 1. The van der Waals surface area contributed by atoms with Gasteiger partial charge in [-0.2, -0.15) is 0 Å². The summed E-state index contributed by atoms with van der Waals surface area (Å²) in [5, 5.41) is 11.1. The summed E-state index contributed by atoms with van der Waals surface area (Å²) in [7, 11) is 1.27. The van der Waals surface area contributed by atoms with Crippen molar-refractivity contribution in [2.75, 3.05) is 13.7 Å². The minimum atomic E-state index is -1.13. The van der Waals surface area contributed by atoms with Gasteiger partial charge in [-0.3, -0.25) is 4.79 Å². The molecule has 1 aromatic heterocycles. The normalized spacial score (nSPS) is 11.9. The van der Waals surface area contributed by atoms with E-state index in [4.69, 9.17) is 5.11 Å². The minimum Gasteiger partial charge on any atom is -0.479 e. The summed E-state index contributed by atoms with van der Waals surface area (Å²) in [4.78, 5) is 26.2. The SMILES string of the molecule is COC(CNC(=O)c1ncccc1Br)C(=O)O. The number of carbonyl (C=O) groups excluding carboxylic acids is 1. The smallest absolute Gasteiger partial charge is 0.334 e. The van der Waals surface area contributed by atoms with E-state index in [0.717, 1.165) is 0 Å². The molecule has 0 bridgehead atoms. The molecule has 2 N–H and O–H groups in total. The maximum Gasteiger partial charge on any atom is 0.334 e. The Hall–Kier alpha value is -1.47. The number of carbonyl (C=O) groups is 2. The Balaban J connectivity index is 2.62. The first-order valence-corrected chi connectivity index (χ1v) is 5.50. The van der Waals surface area contributed by atoms with Gasteiger partial charge >= 0.3 is 5.97 Å². The molecule has 0 aliphatic heterocycles. The maximum atomic E-state index is 11.7. The summed E-state index contributed by atoms with van der Waals surface area (Å²) in [6.07, 6.45) is 0.409. The maximum absolute atomic E-state index is 11.7. The highest BCUT2D eigenvalue weighted by Crippen LogP contribution is 2.12. The fourth-order valence-electron chi connectivity index (χ4n) is 1.09. The Morgan fingerprint density at radius 2 is 2.35 bits per heavy atom. The number of hydrogen-bond acceptors (Lipinski definition) is 4. The number of aromatic nitrogens is 1. The Morgan fingerprint density at radius 1 is 1.65 bits per heavy atom. The second-order valence-corrected chi connectivity index (χ2v) is 3.96. The number of amides is 1. The zero-order valence-electron chi connectivity index (χ0n) is 9.01. The predicted molar refractivity (Wildman–Crippen MR) is 62.7 cm³/mol. The van der Waals surface area contributed by atoms with Gasteiger partial charge in [-0.1, -0.05) is 0 Å². The lowest BCUT2D eigenvalue weighted by atomic mass is 10.3. The second kappa shape index (κ2) is 6.31. The van der Waals surface area contributed by atoms with Crippen molar-refractivity contribution in [2.24, 2.45) is 0 Å². The number of aliphatic carboxylic acids is 1. The van der Waals surface area contributed by atoms with Crippen LogP contribution in [0.25, 0.3) is 0 Å². The molecule has 6 nitrogen and oxygen atoms in total. The van der Waals surface area contributed by atoms with E-state index in [2.05, 4.69) is 31.0 Å². The van der Waals surface area contributed by atoms with Crippen LogP contribution in [0.2, 0.25) is 0 Å². The average molecular weight is 303 g/mol.